The summed E-state index contributed by atoms with van der Waals surface area (Å²) < 4.78 is 39.1. The van der Waals surface area contributed by atoms with Gasteiger partial charge in [0.05, 0.1) is 6.61 Å². The van der Waals surface area contributed by atoms with Crippen LogP contribution in [0.5, 0.6) is 5.75 Å². The average molecular weight is 901 g/mol. The number of hydrogen-bond acceptors (Lipinski definition) is 7. The molecule has 0 saturated carbocycles. The van der Waals surface area contributed by atoms with Gasteiger partial charge in [-0.3, -0.25) is 14.1 Å². The Morgan fingerprint density at radius 3 is 1.45 bits per heavy atom. The van der Waals surface area contributed by atoms with Gasteiger partial charge in [0.15, 0.2) is 6.10 Å². The second-order valence-corrected chi connectivity index (χ2v) is 18.7. The lowest BCUT2D eigenvalue weighted by molar-refractivity contribution is -0.161. The van der Waals surface area contributed by atoms with E-state index in [0.29, 0.717) is 12.2 Å². The lowest BCUT2D eigenvalue weighted by Crippen LogP contribution is -2.33. The number of alkyl halides is 2. The van der Waals surface area contributed by atoms with Crippen LogP contribution in [-0.2, 0) is 28.2 Å². The van der Waals surface area contributed by atoms with Gasteiger partial charge < -0.3 is 14.0 Å². The van der Waals surface area contributed by atoms with Gasteiger partial charge in [-0.15, -0.1) is 23.2 Å². The maximum Gasteiger partial charge on any atom is 0.461 e. The van der Waals surface area contributed by atoms with Gasteiger partial charge in [0.25, 0.3) is 0 Å². The molecular formula is C49H84Cl2NO7P. The lowest BCUT2D eigenvalue weighted by atomic mass is 10.1. The van der Waals surface area contributed by atoms with Crippen molar-refractivity contribution in [2.24, 2.45) is 0 Å². The molecule has 0 saturated heterocycles. The molecule has 0 fully saturated rings. The third-order valence-electron chi connectivity index (χ3n) is 10.4. The second-order valence-electron chi connectivity index (χ2n) is 16.0. The number of halogens is 2. The van der Waals surface area contributed by atoms with E-state index >= 15 is 0 Å². The Morgan fingerprint density at radius 2 is 1.00 bits per heavy atom. The van der Waals surface area contributed by atoms with Gasteiger partial charge in [-0.05, 0) is 76.3 Å². The van der Waals surface area contributed by atoms with E-state index in [0.717, 1.165) is 70.6 Å². The van der Waals surface area contributed by atoms with Crippen molar-refractivity contribution in [3.63, 3.8) is 0 Å². The first-order chi connectivity index (χ1) is 29.4. The van der Waals surface area contributed by atoms with Crippen LogP contribution < -0.4 is 4.52 Å². The number of benzene rings is 1. The number of para-hydroxylation sites is 1. The van der Waals surface area contributed by atoms with E-state index in [2.05, 4.69) is 38.2 Å². The summed E-state index contributed by atoms with van der Waals surface area (Å²) >= 11 is 12.1. The number of ether oxygens (including phenoxy) is 2. The Morgan fingerprint density at radius 1 is 0.583 bits per heavy atom. The predicted octanol–water partition coefficient (Wildman–Crippen LogP) is 15.5. The Balaban J connectivity index is 2.58. The fraction of sp³-hybridized carbons (Fsp3) is 0.755. The fourth-order valence-corrected chi connectivity index (χ4v) is 9.22. The largest absolute Gasteiger partial charge is 0.462 e. The van der Waals surface area contributed by atoms with E-state index < -0.39 is 19.8 Å². The molecule has 11 heteroatoms. The van der Waals surface area contributed by atoms with Crippen LogP contribution in [0.1, 0.15) is 194 Å². The minimum absolute atomic E-state index is 0.171. The molecule has 0 unspecified atom stereocenters. The maximum absolute atomic E-state index is 14.3. The molecule has 1 aromatic carbocycles. The zero-order chi connectivity index (χ0) is 43.6. The van der Waals surface area contributed by atoms with Crippen LogP contribution >= 0.6 is 30.9 Å². The fourth-order valence-electron chi connectivity index (χ4n) is 6.81. The van der Waals surface area contributed by atoms with Crippen molar-refractivity contribution in [1.82, 2.24) is 4.67 Å². The number of esters is 2. The van der Waals surface area contributed by atoms with Crippen molar-refractivity contribution in [1.29, 1.82) is 0 Å². The van der Waals surface area contributed by atoms with E-state index in [1.807, 2.05) is 6.07 Å². The molecule has 1 rings (SSSR count). The molecular weight excluding hydrogens is 816 g/mol. The summed E-state index contributed by atoms with van der Waals surface area (Å²) in [6.07, 6.45) is 39.3. The molecule has 60 heavy (non-hydrogen) atoms. The van der Waals surface area contributed by atoms with Crippen molar-refractivity contribution in [2.75, 3.05) is 38.1 Å². The van der Waals surface area contributed by atoms with Crippen LogP contribution in [0.25, 0.3) is 0 Å². The van der Waals surface area contributed by atoms with Gasteiger partial charge in [-0.2, -0.15) is 4.67 Å². The maximum atomic E-state index is 14.3. The summed E-state index contributed by atoms with van der Waals surface area (Å²) in [5, 5.41) is 0. The van der Waals surface area contributed by atoms with Crippen LogP contribution in [0.2, 0.25) is 0 Å². The molecule has 0 aliphatic carbocycles. The Kier molecular flexibility index (Phi) is 38.6. The van der Waals surface area contributed by atoms with E-state index in [1.165, 1.54) is 94.6 Å². The van der Waals surface area contributed by atoms with Gasteiger partial charge in [-0.25, -0.2) is 4.57 Å². The standard InChI is InChI=1S/C49H84Cl2NO7P/c1-3-5-7-9-11-13-15-17-19-21-23-25-27-29-34-38-48(53)56-44-47(45-57-60(55,52(42-40-50)43-41-51)59-46-36-32-31-33-37-46)58-49(54)39-35-30-28-26-24-22-20-18-16-14-12-10-8-6-4-2/h17-20,31-33,36-37,47H,3-16,21-30,34-35,38-45H2,1-2H3/b19-17+,20-18-/t47-,60-/m0/s1. The number of allylic oxidation sites excluding steroid dienone is 4. The minimum atomic E-state index is -4.01. The molecule has 346 valence electrons. The summed E-state index contributed by atoms with van der Waals surface area (Å²) in [6, 6.07) is 8.71. The first-order valence-electron chi connectivity index (χ1n) is 23.9. The van der Waals surface area contributed by atoms with E-state index in [1.54, 1.807) is 24.3 Å². The second kappa shape index (κ2) is 41.2. The highest BCUT2D eigenvalue weighted by Crippen LogP contribution is 2.52. The van der Waals surface area contributed by atoms with Crippen LogP contribution in [0.4, 0.5) is 0 Å². The number of carbonyl (C=O) groups is 2. The normalized spacial score (nSPS) is 13.3. The molecule has 0 radical (unpaired) electrons. The van der Waals surface area contributed by atoms with E-state index in [-0.39, 0.29) is 56.9 Å². The molecule has 0 aliphatic heterocycles. The van der Waals surface area contributed by atoms with Gasteiger partial charge in [0, 0.05) is 37.7 Å². The molecule has 0 heterocycles. The topological polar surface area (TPSA) is 91.4 Å². The summed E-state index contributed by atoms with van der Waals surface area (Å²) in [5.74, 6) is -0.0819. The third-order valence-corrected chi connectivity index (χ3v) is 12.8. The van der Waals surface area contributed by atoms with Crippen molar-refractivity contribution >= 4 is 42.9 Å². The summed E-state index contributed by atoms with van der Waals surface area (Å²) in [7, 11) is -4.01. The van der Waals surface area contributed by atoms with Crippen LogP contribution in [0.3, 0.4) is 0 Å². The highest BCUT2D eigenvalue weighted by molar-refractivity contribution is 7.51. The Bertz CT molecular complexity index is 1250. The van der Waals surface area contributed by atoms with Crippen LogP contribution in [0.15, 0.2) is 54.6 Å². The molecule has 8 nitrogen and oxygen atoms in total. The van der Waals surface area contributed by atoms with Crippen molar-refractivity contribution in [3.8, 4) is 5.75 Å². The number of nitrogens with zero attached hydrogens (tertiary/aromatic N) is 1. The highest BCUT2D eigenvalue weighted by Gasteiger charge is 2.36. The minimum Gasteiger partial charge on any atom is -0.462 e. The Hall–Kier alpha value is -1.83. The molecule has 0 spiro atoms. The third kappa shape index (κ3) is 32.8. The SMILES string of the molecule is CCCCCCCC/C=C\CCCCCCCC(=O)O[C@@H](COC(=O)CCCCCCC/C=C/CCCCCCCC)CO[P@](=O)(Oc1ccccc1)N(CCCl)CCCl. The lowest BCUT2D eigenvalue weighted by Gasteiger charge is -2.30. The molecule has 0 aliphatic rings. The highest BCUT2D eigenvalue weighted by atomic mass is 35.5. The smallest absolute Gasteiger partial charge is 0.461 e. The van der Waals surface area contributed by atoms with Crippen molar-refractivity contribution < 1.29 is 32.7 Å². The first kappa shape index (κ1) is 56.2. The van der Waals surface area contributed by atoms with Crippen molar-refractivity contribution in [2.45, 2.75) is 200 Å². The van der Waals surface area contributed by atoms with Gasteiger partial charge in [0.1, 0.15) is 12.4 Å². The predicted molar refractivity (Wildman–Crippen MR) is 253 cm³/mol. The summed E-state index contributed by atoms with van der Waals surface area (Å²) in [6.45, 7) is 4.39. The number of hydrogen-bond donors (Lipinski definition) is 0. The number of unbranched alkanes of at least 4 members (excludes halogenated alkanes) is 22. The molecule has 0 N–H and O–H groups in total. The van der Waals surface area contributed by atoms with Gasteiger partial charge in [0.2, 0.25) is 0 Å². The van der Waals surface area contributed by atoms with Crippen molar-refractivity contribution in [3.05, 3.63) is 54.6 Å². The molecule has 2 atom stereocenters. The zero-order valence-electron chi connectivity index (χ0n) is 37.8. The quantitative estimate of drug-likeness (QED) is 0.0210. The average Bonchev–Trinajstić information content (AvgIpc) is 3.24. The number of carbonyl (C=O) groups excluding carboxylic acids is 2. The van der Waals surface area contributed by atoms with Gasteiger partial charge in [-0.1, -0.05) is 159 Å². The monoisotopic (exact) mass is 900 g/mol. The van der Waals surface area contributed by atoms with Crippen LogP contribution in [0, 0.1) is 0 Å². The molecule has 1 aromatic rings. The molecule has 0 aromatic heterocycles. The number of rotatable bonds is 43. The van der Waals surface area contributed by atoms with Crippen LogP contribution in [-0.4, -0.2) is 60.8 Å². The summed E-state index contributed by atoms with van der Waals surface area (Å²) in [4.78, 5) is 25.8. The Labute approximate surface area is 376 Å². The summed E-state index contributed by atoms with van der Waals surface area (Å²) in [5.41, 5.74) is 0. The first-order valence-corrected chi connectivity index (χ1v) is 26.5. The molecule has 0 bridgehead atoms. The van der Waals surface area contributed by atoms with E-state index in [9.17, 15) is 14.2 Å². The van der Waals surface area contributed by atoms with Gasteiger partial charge >= 0.3 is 19.7 Å². The molecule has 0 amide bonds. The zero-order valence-corrected chi connectivity index (χ0v) is 40.2. The van der Waals surface area contributed by atoms with E-state index in [4.69, 9.17) is 41.7 Å².